The van der Waals surface area contributed by atoms with Crippen LogP contribution >= 0.6 is 19.2 Å². The van der Waals surface area contributed by atoms with E-state index >= 15 is 0 Å². The molecule has 1 unspecified atom stereocenters. The van der Waals surface area contributed by atoms with Gasteiger partial charge in [0, 0.05) is 18.0 Å². The van der Waals surface area contributed by atoms with Crippen LogP contribution in [0.4, 0.5) is 4.39 Å². The standard InChI is InChI=1S/C10H16FN2O4PS/c1-2-8-12-9-7(19-8)3-4-13(10(9)11)5-6-17-18(14,15)16/h10H,2-6H2,1H3,(H2,14,15,16). The van der Waals surface area contributed by atoms with Gasteiger partial charge in [-0.25, -0.2) is 13.9 Å². The highest BCUT2D eigenvalue weighted by atomic mass is 32.1. The summed E-state index contributed by atoms with van der Waals surface area (Å²) in [7, 11) is -4.48. The molecule has 0 radical (unpaired) electrons. The molecule has 9 heteroatoms. The molecule has 1 aromatic rings. The van der Waals surface area contributed by atoms with E-state index in [1.807, 2.05) is 6.92 Å². The van der Waals surface area contributed by atoms with Crippen molar-refractivity contribution in [3.8, 4) is 0 Å². The molecular formula is C10H16FN2O4PS. The summed E-state index contributed by atoms with van der Waals surface area (Å²) in [6, 6.07) is 0. The highest BCUT2D eigenvalue weighted by Crippen LogP contribution is 2.37. The van der Waals surface area contributed by atoms with Gasteiger partial charge in [-0.05, 0) is 12.8 Å². The molecule has 2 heterocycles. The molecule has 0 saturated carbocycles. The van der Waals surface area contributed by atoms with Crippen molar-refractivity contribution in [3.05, 3.63) is 15.6 Å². The Balaban J connectivity index is 1.97. The first-order valence-electron chi connectivity index (χ1n) is 5.97. The lowest BCUT2D eigenvalue weighted by Gasteiger charge is -2.29. The van der Waals surface area contributed by atoms with Crippen molar-refractivity contribution < 1.29 is 23.3 Å². The Morgan fingerprint density at radius 1 is 1.63 bits per heavy atom. The predicted octanol–water partition coefficient (Wildman–Crippen LogP) is 1.64. The Bertz CT molecular complexity index is 492. The minimum Gasteiger partial charge on any atom is -0.303 e. The molecule has 0 spiro atoms. The summed E-state index contributed by atoms with van der Waals surface area (Å²) in [5, 5.41) is 0.918. The quantitative estimate of drug-likeness (QED) is 0.635. The SMILES string of the molecule is CCc1nc2c(s1)CCN(CCOP(=O)(O)O)C2F. The highest BCUT2D eigenvalue weighted by molar-refractivity contribution is 7.46. The number of aryl methyl sites for hydroxylation is 1. The minimum atomic E-state index is -4.48. The van der Waals surface area contributed by atoms with E-state index in [0.29, 0.717) is 18.7 Å². The van der Waals surface area contributed by atoms with Gasteiger partial charge in [0.2, 0.25) is 0 Å². The number of phosphoric ester groups is 1. The molecule has 1 atom stereocenters. The van der Waals surface area contributed by atoms with Gasteiger partial charge >= 0.3 is 7.82 Å². The Labute approximate surface area is 114 Å². The van der Waals surface area contributed by atoms with E-state index in [1.165, 1.54) is 16.2 Å². The van der Waals surface area contributed by atoms with Gasteiger partial charge in [0.1, 0.15) is 5.69 Å². The van der Waals surface area contributed by atoms with E-state index in [2.05, 4.69) is 9.51 Å². The molecule has 0 aliphatic carbocycles. The number of hydrogen-bond acceptors (Lipinski definition) is 5. The third-order valence-corrected chi connectivity index (χ3v) is 4.68. The van der Waals surface area contributed by atoms with E-state index in [1.54, 1.807) is 0 Å². The molecule has 2 N–H and O–H groups in total. The van der Waals surface area contributed by atoms with E-state index in [0.717, 1.165) is 16.3 Å². The molecular weight excluding hydrogens is 294 g/mol. The van der Waals surface area contributed by atoms with Crippen LogP contribution in [0.2, 0.25) is 0 Å². The molecule has 0 aromatic carbocycles. The summed E-state index contributed by atoms with van der Waals surface area (Å²) >= 11 is 1.54. The van der Waals surface area contributed by atoms with Crippen LogP contribution < -0.4 is 0 Å². The van der Waals surface area contributed by atoms with Gasteiger partial charge in [-0.3, -0.25) is 9.42 Å². The zero-order chi connectivity index (χ0) is 14.0. The van der Waals surface area contributed by atoms with Crippen LogP contribution in [0.1, 0.15) is 28.8 Å². The zero-order valence-corrected chi connectivity index (χ0v) is 12.2. The third kappa shape index (κ3) is 3.81. The predicted molar refractivity (Wildman–Crippen MR) is 68.6 cm³/mol. The zero-order valence-electron chi connectivity index (χ0n) is 10.5. The van der Waals surface area contributed by atoms with E-state index in [9.17, 15) is 8.96 Å². The summed E-state index contributed by atoms with van der Waals surface area (Å²) in [5.41, 5.74) is 0.448. The normalized spacial score (nSPS) is 20.5. The second-order valence-electron chi connectivity index (χ2n) is 4.22. The van der Waals surface area contributed by atoms with Crippen LogP contribution in [0, 0.1) is 0 Å². The number of nitrogens with zero attached hydrogens (tertiary/aromatic N) is 2. The maximum atomic E-state index is 14.2. The molecule has 1 aliphatic heterocycles. The van der Waals surface area contributed by atoms with Gasteiger partial charge in [-0.1, -0.05) is 6.92 Å². The van der Waals surface area contributed by atoms with Gasteiger partial charge in [0.25, 0.3) is 0 Å². The monoisotopic (exact) mass is 310 g/mol. The van der Waals surface area contributed by atoms with Crippen molar-refractivity contribution in [2.45, 2.75) is 26.1 Å². The molecule has 108 valence electrons. The van der Waals surface area contributed by atoms with Crippen molar-refractivity contribution in [2.24, 2.45) is 0 Å². The average Bonchev–Trinajstić information content (AvgIpc) is 2.74. The molecule has 1 aromatic heterocycles. The molecule has 2 rings (SSSR count). The van der Waals surface area contributed by atoms with Crippen LogP contribution in [-0.4, -0.2) is 39.4 Å². The smallest absolute Gasteiger partial charge is 0.303 e. The number of halogens is 1. The van der Waals surface area contributed by atoms with Crippen molar-refractivity contribution in [2.75, 3.05) is 19.7 Å². The second-order valence-corrected chi connectivity index (χ2v) is 6.62. The Morgan fingerprint density at radius 2 is 2.37 bits per heavy atom. The van der Waals surface area contributed by atoms with Gasteiger partial charge in [-0.2, -0.15) is 0 Å². The van der Waals surface area contributed by atoms with Crippen LogP contribution in [0.25, 0.3) is 0 Å². The number of rotatable bonds is 5. The van der Waals surface area contributed by atoms with Gasteiger partial charge in [0.15, 0.2) is 6.30 Å². The first-order chi connectivity index (χ1) is 8.90. The molecule has 0 saturated heterocycles. The molecule has 1 aliphatic rings. The Morgan fingerprint density at radius 3 is 3.00 bits per heavy atom. The summed E-state index contributed by atoms with van der Waals surface area (Å²) in [5.74, 6) is 0. The summed E-state index contributed by atoms with van der Waals surface area (Å²) in [6.07, 6.45) is 0.176. The summed E-state index contributed by atoms with van der Waals surface area (Å²) in [6.45, 7) is 2.41. The lowest BCUT2D eigenvalue weighted by molar-refractivity contribution is 0.0508. The van der Waals surface area contributed by atoms with Crippen LogP contribution in [0.5, 0.6) is 0 Å². The molecule has 0 amide bonds. The number of thiazole rings is 1. The maximum absolute atomic E-state index is 14.2. The van der Waals surface area contributed by atoms with Crippen molar-refractivity contribution in [1.82, 2.24) is 9.88 Å². The Hall–Kier alpha value is -0.370. The van der Waals surface area contributed by atoms with Crippen LogP contribution in [-0.2, 0) is 21.9 Å². The van der Waals surface area contributed by atoms with E-state index in [-0.39, 0.29) is 13.2 Å². The van der Waals surface area contributed by atoms with E-state index in [4.69, 9.17) is 9.79 Å². The lowest BCUT2D eigenvalue weighted by atomic mass is 10.1. The fourth-order valence-corrected chi connectivity index (χ4v) is 3.30. The average molecular weight is 310 g/mol. The second kappa shape index (κ2) is 5.95. The minimum absolute atomic E-state index is 0.130. The molecule has 0 fully saturated rings. The molecule has 0 bridgehead atoms. The summed E-state index contributed by atoms with van der Waals surface area (Å²) in [4.78, 5) is 23.9. The van der Waals surface area contributed by atoms with Crippen LogP contribution in [0.3, 0.4) is 0 Å². The molecule has 19 heavy (non-hydrogen) atoms. The topological polar surface area (TPSA) is 82.9 Å². The largest absolute Gasteiger partial charge is 0.469 e. The highest BCUT2D eigenvalue weighted by Gasteiger charge is 2.30. The number of hydrogen-bond donors (Lipinski definition) is 2. The summed E-state index contributed by atoms with van der Waals surface area (Å²) < 4.78 is 29.1. The molecule has 6 nitrogen and oxygen atoms in total. The van der Waals surface area contributed by atoms with Gasteiger partial charge in [-0.15, -0.1) is 11.3 Å². The number of alkyl halides is 1. The Kier molecular flexibility index (Phi) is 4.70. The van der Waals surface area contributed by atoms with Gasteiger partial charge in [0.05, 0.1) is 11.6 Å². The van der Waals surface area contributed by atoms with Gasteiger partial charge < -0.3 is 9.79 Å². The number of fused-ring (bicyclic) bond motifs is 1. The van der Waals surface area contributed by atoms with Crippen molar-refractivity contribution in [3.63, 3.8) is 0 Å². The van der Waals surface area contributed by atoms with Crippen LogP contribution in [0.15, 0.2) is 0 Å². The fourth-order valence-electron chi connectivity index (χ4n) is 1.96. The fraction of sp³-hybridized carbons (Fsp3) is 0.700. The number of aromatic nitrogens is 1. The lowest BCUT2D eigenvalue weighted by Crippen LogP contribution is -2.35. The maximum Gasteiger partial charge on any atom is 0.469 e. The van der Waals surface area contributed by atoms with E-state index < -0.39 is 14.1 Å². The van der Waals surface area contributed by atoms with Crippen molar-refractivity contribution in [1.29, 1.82) is 0 Å². The number of phosphoric acid groups is 1. The first-order valence-corrected chi connectivity index (χ1v) is 8.32. The van der Waals surface area contributed by atoms with Crippen molar-refractivity contribution >= 4 is 19.2 Å². The third-order valence-electron chi connectivity index (χ3n) is 2.88. The first kappa shape index (κ1) is 15.0.